The number of oxazole rings is 1. The molecule has 1 fully saturated rings. The van der Waals surface area contributed by atoms with Crippen LogP contribution in [0.15, 0.2) is 46.0 Å². The zero-order valence-electron chi connectivity index (χ0n) is 18.5. The Morgan fingerprint density at radius 3 is 2.66 bits per heavy atom. The third-order valence-electron chi connectivity index (χ3n) is 5.57. The molecule has 2 aromatic carbocycles. The highest BCUT2D eigenvalue weighted by Gasteiger charge is 2.37. The fraction of sp³-hybridized carbons (Fsp3) is 0.391. The molecule has 32 heavy (non-hydrogen) atoms. The molecule has 2 heterocycles. The quantitative estimate of drug-likeness (QED) is 0.533. The number of carbonyl (C=O) groups excluding carboxylic acids is 1. The number of fused-ring (bicyclic) bond motifs is 1. The predicted molar refractivity (Wildman–Crippen MR) is 119 cm³/mol. The van der Waals surface area contributed by atoms with Gasteiger partial charge in [-0.2, -0.15) is 0 Å². The van der Waals surface area contributed by atoms with Crippen LogP contribution >= 0.6 is 0 Å². The number of aromatic nitrogens is 1. The van der Waals surface area contributed by atoms with E-state index in [1.807, 2.05) is 32.0 Å². The number of hydrogen-bond donors (Lipinski definition) is 0. The Kier molecular flexibility index (Phi) is 5.85. The molecule has 3 aromatic rings. The fourth-order valence-electron chi connectivity index (χ4n) is 3.84. The number of hydrogen-bond acceptors (Lipinski definition) is 7. The third kappa shape index (κ3) is 3.92. The molecule has 1 saturated heterocycles. The summed E-state index contributed by atoms with van der Waals surface area (Å²) >= 11 is 0. The van der Waals surface area contributed by atoms with E-state index in [1.165, 1.54) is 25.6 Å². The molecule has 0 aliphatic carbocycles. The molecule has 1 amide bonds. The number of rotatable bonds is 7. The lowest BCUT2D eigenvalue weighted by atomic mass is 9.90. The first-order valence-corrected chi connectivity index (χ1v) is 12.1. The maximum Gasteiger partial charge on any atom is 0.261 e. The number of nitrogens with zero attached hydrogens (tertiary/aromatic N) is 2. The highest BCUT2D eigenvalue weighted by Crippen LogP contribution is 2.39. The van der Waals surface area contributed by atoms with Crippen LogP contribution in [0.5, 0.6) is 11.5 Å². The molecule has 1 aromatic heterocycles. The fourth-order valence-corrected chi connectivity index (χ4v) is 4.90. The molecule has 9 heteroatoms. The summed E-state index contributed by atoms with van der Waals surface area (Å²) in [4.78, 5) is 19.3. The normalized spacial score (nSPS) is 14.6. The summed E-state index contributed by atoms with van der Waals surface area (Å²) in [5.41, 5.74) is 2.69. The topological polar surface area (TPSA) is 98.9 Å². The largest absolute Gasteiger partial charge is 0.494 e. The van der Waals surface area contributed by atoms with E-state index >= 15 is 0 Å². The van der Waals surface area contributed by atoms with Gasteiger partial charge >= 0.3 is 0 Å². The molecule has 0 spiro atoms. The van der Waals surface area contributed by atoms with Crippen LogP contribution in [0.4, 0.5) is 0 Å². The van der Waals surface area contributed by atoms with Crippen LogP contribution in [-0.2, 0) is 9.84 Å². The smallest absolute Gasteiger partial charge is 0.261 e. The molecule has 0 unspecified atom stereocenters. The monoisotopic (exact) mass is 458 g/mol. The molecule has 0 N–H and O–H groups in total. The van der Waals surface area contributed by atoms with Gasteiger partial charge in [0.15, 0.2) is 27.6 Å². The van der Waals surface area contributed by atoms with Crippen LogP contribution in [0.1, 0.15) is 42.6 Å². The maximum absolute atomic E-state index is 13.5. The van der Waals surface area contributed by atoms with Gasteiger partial charge in [0, 0.05) is 19.0 Å². The second-order valence-electron chi connectivity index (χ2n) is 8.03. The van der Waals surface area contributed by atoms with Crippen molar-refractivity contribution in [3.8, 4) is 11.5 Å². The van der Waals surface area contributed by atoms with Gasteiger partial charge in [0.1, 0.15) is 21.7 Å². The van der Waals surface area contributed by atoms with E-state index in [2.05, 4.69) is 4.98 Å². The molecule has 0 atom stereocenters. The zero-order chi connectivity index (χ0) is 23.0. The Morgan fingerprint density at radius 1 is 1.25 bits per heavy atom. The molecule has 0 saturated carbocycles. The number of amides is 1. The minimum absolute atomic E-state index is 0.00481. The van der Waals surface area contributed by atoms with Gasteiger partial charge in [0.2, 0.25) is 0 Å². The lowest BCUT2D eigenvalue weighted by molar-refractivity contribution is 0.0592. The van der Waals surface area contributed by atoms with Gasteiger partial charge in [-0.05, 0) is 43.7 Å². The van der Waals surface area contributed by atoms with E-state index in [0.29, 0.717) is 24.4 Å². The van der Waals surface area contributed by atoms with E-state index in [9.17, 15) is 13.2 Å². The van der Waals surface area contributed by atoms with E-state index in [-0.39, 0.29) is 39.9 Å². The van der Waals surface area contributed by atoms with Crippen molar-refractivity contribution in [3.05, 3.63) is 47.9 Å². The Balaban J connectivity index is 1.65. The van der Waals surface area contributed by atoms with E-state index in [1.54, 1.807) is 11.8 Å². The highest BCUT2D eigenvalue weighted by atomic mass is 32.2. The predicted octanol–water partition coefficient (Wildman–Crippen LogP) is 3.66. The maximum atomic E-state index is 13.5. The summed E-state index contributed by atoms with van der Waals surface area (Å²) in [7, 11) is -2.23. The zero-order valence-corrected chi connectivity index (χ0v) is 19.3. The average Bonchev–Trinajstić information content (AvgIpc) is 3.19. The average molecular weight is 459 g/mol. The van der Waals surface area contributed by atoms with Gasteiger partial charge in [0.05, 0.1) is 19.0 Å². The molecule has 170 valence electrons. The number of benzene rings is 2. The molecule has 4 rings (SSSR count). The molecular formula is C23H26N2O6S. The SMILES string of the molecule is CCS(=O)(=O)c1ccc(OC(C)C)c(C(=O)N2CC(c3ccc4ncoc4c3)C2)c1OC. The lowest BCUT2D eigenvalue weighted by Gasteiger charge is -2.40. The Labute approximate surface area is 187 Å². The van der Waals surface area contributed by atoms with Crippen molar-refractivity contribution >= 4 is 26.8 Å². The van der Waals surface area contributed by atoms with Crippen molar-refractivity contribution in [3.63, 3.8) is 0 Å². The first-order valence-electron chi connectivity index (χ1n) is 10.5. The standard InChI is InChI=1S/C23H26N2O6S/c1-5-32(27,28)20-9-8-18(31-14(2)3)21(22(20)29-4)23(26)25-11-16(12-25)15-6-7-17-19(10-15)30-13-24-17/h6-10,13-14,16H,5,11-12H2,1-4H3. The van der Waals surface area contributed by atoms with Gasteiger partial charge in [-0.1, -0.05) is 13.0 Å². The van der Waals surface area contributed by atoms with Gasteiger partial charge in [0.25, 0.3) is 5.91 Å². The van der Waals surface area contributed by atoms with Gasteiger partial charge in [-0.3, -0.25) is 4.79 Å². The molecule has 0 bridgehead atoms. The minimum atomic E-state index is -3.59. The summed E-state index contributed by atoms with van der Waals surface area (Å²) in [5.74, 6) is 0.0705. The van der Waals surface area contributed by atoms with Crippen LogP contribution in [0.3, 0.4) is 0 Å². The minimum Gasteiger partial charge on any atom is -0.494 e. The second-order valence-corrected chi connectivity index (χ2v) is 10.3. The summed E-state index contributed by atoms with van der Waals surface area (Å²) in [6.07, 6.45) is 1.21. The second kappa shape index (κ2) is 8.46. The third-order valence-corrected chi connectivity index (χ3v) is 7.33. The Hall–Kier alpha value is -3.07. The van der Waals surface area contributed by atoms with Crippen molar-refractivity contribution in [2.75, 3.05) is 26.0 Å². The lowest BCUT2D eigenvalue weighted by Crippen LogP contribution is -2.48. The van der Waals surface area contributed by atoms with Crippen molar-refractivity contribution < 1.29 is 27.1 Å². The number of ether oxygens (including phenoxy) is 2. The summed E-state index contributed by atoms with van der Waals surface area (Å²) in [6, 6.07) is 8.80. The molecule has 1 aliphatic heterocycles. The summed E-state index contributed by atoms with van der Waals surface area (Å²) < 4.78 is 41.9. The van der Waals surface area contributed by atoms with Crippen LogP contribution in [0.2, 0.25) is 0 Å². The van der Waals surface area contributed by atoms with E-state index in [0.717, 1.165) is 11.1 Å². The van der Waals surface area contributed by atoms with Gasteiger partial charge in [-0.15, -0.1) is 0 Å². The summed E-state index contributed by atoms with van der Waals surface area (Å²) in [6.45, 7) is 6.23. The first kappa shape index (κ1) is 22.1. The number of methoxy groups -OCH3 is 1. The number of likely N-dealkylation sites (tertiary alicyclic amines) is 1. The van der Waals surface area contributed by atoms with Crippen molar-refractivity contribution in [1.82, 2.24) is 9.88 Å². The van der Waals surface area contributed by atoms with Crippen LogP contribution in [0.25, 0.3) is 11.1 Å². The van der Waals surface area contributed by atoms with Gasteiger partial charge in [-0.25, -0.2) is 13.4 Å². The van der Waals surface area contributed by atoms with Crippen LogP contribution in [-0.4, -0.2) is 56.3 Å². The van der Waals surface area contributed by atoms with E-state index < -0.39 is 9.84 Å². The summed E-state index contributed by atoms with van der Waals surface area (Å²) in [5, 5.41) is 0. The molecule has 1 aliphatic rings. The molecule has 8 nitrogen and oxygen atoms in total. The van der Waals surface area contributed by atoms with Crippen LogP contribution in [0, 0.1) is 0 Å². The number of carbonyl (C=O) groups is 1. The molecular weight excluding hydrogens is 432 g/mol. The van der Waals surface area contributed by atoms with Gasteiger partial charge < -0.3 is 18.8 Å². The van der Waals surface area contributed by atoms with Crippen LogP contribution < -0.4 is 9.47 Å². The molecule has 0 radical (unpaired) electrons. The van der Waals surface area contributed by atoms with Crippen molar-refractivity contribution in [1.29, 1.82) is 0 Å². The Bertz CT molecular complexity index is 1260. The van der Waals surface area contributed by atoms with Crippen molar-refractivity contribution in [2.45, 2.75) is 37.7 Å². The first-order chi connectivity index (χ1) is 15.2. The van der Waals surface area contributed by atoms with Crippen molar-refractivity contribution in [2.24, 2.45) is 0 Å². The number of sulfone groups is 1. The van der Waals surface area contributed by atoms with E-state index in [4.69, 9.17) is 13.9 Å². The highest BCUT2D eigenvalue weighted by molar-refractivity contribution is 7.91. The Morgan fingerprint density at radius 2 is 2.00 bits per heavy atom.